The average Bonchev–Trinajstić information content (AvgIpc) is 3.21. The van der Waals surface area contributed by atoms with Crippen LogP contribution in [0.3, 0.4) is 0 Å². The highest BCUT2D eigenvalue weighted by molar-refractivity contribution is 5.77. The fourth-order valence-corrected chi connectivity index (χ4v) is 3.13. The first-order valence-electron chi connectivity index (χ1n) is 7.82. The summed E-state index contributed by atoms with van der Waals surface area (Å²) in [6.07, 6.45) is -2.40. The molecule has 1 aliphatic rings. The van der Waals surface area contributed by atoms with Crippen LogP contribution in [0.2, 0.25) is 0 Å². The molecule has 2 atom stereocenters. The van der Waals surface area contributed by atoms with E-state index in [1.54, 1.807) is 0 Å². The molecule has 6 nitrogen and oxygen atoms in total. The Kier molecular flexibility index (Phi) is 4.76. The van der Waals surface area contributed by atoms with Gasteiger partial charge in [0.05, 0.1) is 24.3 Å². The van der Waals surface area contributed by atoms with E-state index < -0.39 is 23.9 Å². The van der Waals surface area contributed by atoms with E-state index in [-0.39, 0.29) is 37.4 Å². The molecule has 0 radical (unpaired) electrons. The minimum Gasteiger partial charge on any atom is -0.391 e. The molecule has 0 aliphatic carbocycles. The van der Waals surface area contributed by atoms with E-state index in [0.717, 1.165) is 6.07 Å². The fourth-order valence-electron chi connectivity index (χ4n) is 3.13. The van der Waals surface area contributed by atoms with E-state index in [0.29, 0.717) is 0 Å². The Balaban J connectivity index is 1.81. The molecule has 1 saturated heterocycles. The number of carbonyl (C=O) groups excluding carboxylic acids is 1. The quantitative estimate of drug-likeness (QED) is 0.912. The molecular weight excluding hydrogens is 337 g/mol. The highest BCUT2D eigenvalue weighted by Crippen LogP contribution is 2.40. The number of aryl methyl sites for hydroxylation is 1. The number of benzene rings is 1. The van der Waals surface area contributed by atoms with Gasteiger partial charge in [0.25, 0.3) is 0 Å². The molecule has 0 bridgehead atoms. The topological polar surface area (TPSA) is 71.2 Å². The summed E-state index contributed by atoms with van der Waals surface area (Å²) in [6.45, 7) is 0.298. The molecule has 25 heavy (non-hydrogen) atoms. The molecule has 2 heterocycles. The van der Waals surface area contributed by atoms with Gasteiger partial charge in [-0.25, -0.2) is 4.98 Å². The fraction of sp³-hybridized carbons (Fsp3) is 0.438. The Morgan fingerprint density at radius 2 is 2.08 bits per heavy atom. The number of aliphatic hydroxyl groups is 1. The monoisotopic (exact) mass is 354 g/mol. The van der Waals surface area contributed by atoms with Crippen LogP contribution in [0.5, 0.6) is 0 Å². The summed E-state index contributed by atoms with van der Waals surface area (Å²) in [5, 5.41) is 13.8. The zero-order valence-electron chi connectivity index (χ0n) is 13.2. The number of hydrogen-bond donors (Lipinski definition) is 1. The number of carbonyl (C=O) groups is 1. The van der Waals surface area contributed by atoms with Crippen LogP contribution >= 0.6 is 0 Å². The third kappa shape index (κ3) is 3.81. The number of β-amino-alcohol motifs (C(OH)–C–C–N with tert-alkyl or cyclic N) is 1. The van der Waals surface area contributed by atoms with E-state index in [2.05, 4.69) is 10.1 Å². The molecule has 1 aliphatic heterocycles. The van der Waals surface area contributed by atoms with Crippen LogP contribution in [0.15, 0.2) is 36.9 Å². The maximum absolute atomic E-state index is 13.3. The third-order valence-electron chi connectivity index (χ3n) is 4.25. The first-order chi connectivity index (χ1) is 11.9. The minimum atomic E-state index is -4.51. The van der Waals surface area contributed by atoms with Gasteiger partial charge in [0.15, 0.2) is 0 Å². The van der Waals surface area contributed by atoms with Crippen LogP contribution < -0.4 is 0 Å². The lowest BCUT2D eigenvalue weighted by atomic mass is 9.97. The molecule has 1 amide bonds. The predicted octanol–water partition coefficient (Wildman–Crippen LogP) is 2.02. The van der Waals surface area contributed by atoms with Crippen molar-refractivity contribution in [3.8, 4) is 0 Å². The molecule has 2 aromatic rings. The molecule has 9 heteroatoms. The summed E-state index contributed by atoms with van der Waals surface area (Å²) < 4.78 is 41.3. The van der Waals surface area contributed by atoms with Gasteiger partial charge in [0.1, 0.15) is 12.7 Å². The second kappa shape index (κ2) is 6.83. The number of likely N-dealkylation sites (tertiary alicyclic amines) is 1. The van der Waals surface area contributed by atoms with Crippen LogP contribution in [0.25, 0.3) is 0 Å². The summed E-state index contributed by atoms with van der Waals surface area (Å²) in [5.74, 6) is -0.325. The second-order valence-corrected chi connectivity index (χ2v) is 5.94. The first kappa shape index (κ1) is 17.4. The van der Waals surface area contributed by atoms with Crippen molar-refractivity contribution in [1.29, 1.82) is 0 Å². The Bertz CT molecular complexity index is 733. The molecule has 0 unspecified atom stereocenters. The maximum atomic E-state index is 13.3. The van der Waals surface area contributed by atoms with Crippen LogP contribution in [0.1, 0.15) is 30.0 Å². The molecule has 1 fully saturated rings. The molecule has 134 valence electrons. The Morgan fingerprint density at radius 3 is 2.76 bits per heavy atom. The molecule has 3 rings (SSSR count). The number of halogens is 3. The molecule has 1 aromatic heterocycles. The van der Waals surface area contributed by atoms with E-state index in [1.807, 2.05) is 0 Å². The van der Waals surface area contributed by atoms with Gasteiger partial charge < -0.3 is 10.0 Å². The van der Waals surface area contributed by atoms with Crippen molar-refractivity contribution in [1.82, 2.24) is 19.7 Å². The average molecular weight is 354 g/mol. The van der Waals surface area contributed by atoms with E-state index in [4.69, 9.17) is 0 Å². The van der Waals surface area contributed by atoms with Crippen molar-refractivity contribution in [2.75, 3.05) is 6.54 Å². The van der Waals surface area contributed by atoms with Crippen molar-refractivity contribution in [2.24, 2.45) is 0 Å². The first-order valence-corrected chi connectivity index (χ1v) is 7.82. The normalized spacial score (nSPS) is 20.9. The molecule has 0 saturated carbocycles. The van der Waals surface area contributed by atoms with E-state index in [1.165, 1.54) is 40.4 Å². The second-order valence-electron chi connectivity index (χ2n) is 5.94. The minimum absolute atomic E-state index is 0.0145. The highest BCUT2D eigenvalue weighted by atomic mass is 19.4. The molecule has 1 N–H and O–H groups in total. The lowest BCUT2D eigenvalue weighted by Gasteiger charge is -2.27. The largest absolute Gasteiger partial charge is 0.416 e. The van der Waals surface area contributed by atoms with Gasteiger partial charge >= 0.3 is 6.18 Å². The number of rotatable bonds is 4. The number of hydrogen-bond acceptors (Lipinski definition) is 4. The Hall–Kier alpha value is -2.42. The lowest BCUT2D eigenvalue weighted by molar-refractivity contribution is -0.140. The summed E-state index contributed by atoms with van der Waals surface area (Å²) in [7, 11) is 0. The number of nitrogens with zero attached hydrogens (tertiary/aromatic N) is 4. The van der Waals surface area contributed by atoms with E-state index in [9.17, 15) is 23.1 Å². The Labute approximate surface area is 141 Å². The van der Waals surface area contributed by atoms with Gasteiger partial charge in [0.2, 0.25) is 5.91 Å². The number of aliphatic hydroxyl groups excluding tert-OH is 1. The number of amides is 1. The standard InChI is InChI=1S/C16H17F3N4O2/c17-16(18,19)13-4-2-1-3-12(13)14-7-11(24)8-23(14)15(25)5-6-22-10-20-9-21-22/h1-4,9-11,14,24H,5-8H2/t11-,14+/m1/s1. The van der Waals surface area contributed by atoms with Crippen LogP contribution in [0.4, 0.5) is 13.2 Å². The smallest absolute Gasteiger partial charge is 0.391 e. The molecule has 0 spiro atoms. The third-order valence-corrected chi connectivity index (χ3v) is 4.25. The zero-order chi connectivity index (χ0) is 18.0. The van der Waals surface area contributed by atoms with Crippen molar-refractivity contribution in [3.05, 3.63) is 48.0 Å². The van der Waals surface area contributed by atoms with Crippen molar-refractivity contribution in [3.63, 3.8) is 0 Å². The Morgan fingerprint density at radius 1 is 1.32 bits per heavy atom. The highest BCUT2D eigenvalue weighted by Gasteiger charge is 2.41. The maximum Gasteiger partial charge on any atom is 0.416 e. The molecule has 1 aromatic carbocycles. The summed E-state index contributed by atoms with van der Waals surface area (Å²) in [6, 6.07) is 4.39. The summed E-state index contributed by atoms with van der Waals surface area (Å²) in [5.41, 5.74) is -0.760. The summed E-state index contributed by atoms with van der Waals surface area (Å²) >= 11 is 0. The van der Waals surface area contributed by atoms with Crippen LogP contribution in [-0.2, 0) is 17.5 Å². The van der Waals surface area contributed by atoms with Crippen LogP contribution in [-0.4, -0.2) is 43.3 Å². The van der Waals surface area contributed by atoms with Crippen LogP contribution in [0, 0.1) is 0 Å². The summed E-state index contributed by atoms with van der Waals surface area (Å²) in [4.78, 5) is 17.6. The van der Waals surface area contributed by atoms with Gasteiger partial charge in [-0.15, -0.1) is 0 Å². The van der Waals surface area contributed by atoms with Gasteiger partial charge in [-0.05, 0) is 18.1 Å². The SMILES string of the molecule is O=C(CCn1cncn1)N1C[C@H](O)C[C@H]1c1ccccc1C(F)(F)F. The van der Waals surface area contributed by atoms with Gasteiger partial charge in [-0.1, -0.05) is 18.2 Å². The number of alkyl halides is 3. The van der Waals surface area contributed by atoms with Crippen molar-refractivity contribution in [2.45, 2.75) is 37.7 Å². The van der Waals surface area contributed by atoms with Gasteiger partial charge in [0, 0.05) is 13.0 Å². The van der Waals surface area contributed by atoms with Crippen molar-refractivity contribution < 1.29 is 23.1 Å². The van der Waals surface area contributed by atoms with Gasteiger partial charge in [-0.3, -0.25) is 9.48 Å². The van der Waals surface area contributed by atoms with Gasteiger partial charge in [-0.2, -0.15) is 18.3 Å². The van der Waals surface area contributed by atoms with Crippen molar-refractivity contribution >= 4 is 5.91 Å². The number of aromatic nitrogens is 3. The predicted molar refractivity (Wildman–Crippen MR) is 81.2 cm³/mol. The van der Waals surface area contributed by atoms with E-state index >= 15 is 0 Å². The zero-order valence-corrected chi connectivity index (χ0v) is 13.2. The molecular formula is C16H17F3N4O2. The lowest BCUT2D eigenvalue weighted by Crippen LogP contribution is -2.33.